The van der Waals surface area contributed by atoms with Gasteiger partial charge >= 0.3 is 0 Å². The largest absolute Gasteiger partial charge is 0.438 e. The van der Waals surface area contributed by atoms with Crippen LogP contribution in [0.4, 0.5) is 5.69 Å². The number of nitro groups is 1. The third-order valence-electron chi connectivity index (χ3n) is 2.95. The van der Waals surface area contributed by atoms with Crippen molar-refractivity contribution in [1.29, 1.82) is 0 Å². The minimum absolute atomic E-state index is 0.0890. The van der Waals surface area contributed by atoms with Crippen LogP contribution in [0, 0.1) is 30.9 Å². The molecule has 2 aromatic rings. The van der Waals surface area contributed by atoms with E-state index in [1.54, 1.807) is 26.1 Å². The van der Waals surface area contributed by atoms with Gasteiger partial charge in [0.1, 0.15) is 5.75 Å². The fourth-order valence-corrected chi connectivity index (χ4v) is 2.09. The van der Waals surface area contributed by atoms with Gasteiger partial charge in [-0.05, 0) is 60.0 Å². The zero-order valence-corrected chi connectivity index (χ0v) is 12.9. The molecule has 2 rings (SSSR count). The van der Waals surface area contributed by atoms with Gasteiger partial charge in [0.15, 0.2) is 0 Å². The zero-order chi connectivity index (χ0) is 14.9. The topological polar surface area (TPSA) is 65.3 Å². The predicted octanol–water partition coefficient (Wildman–Crippen LogP) is 4.47. The van der Waals surface area contributed by atoms with Gasteiger partial charge < -0.3 is 4.74 Å². The van der Waals surface area contributed by atoms with Crippen LogP contribution in [0.5, 0.6) is 11.6 Å². The molecule has 0 aliphatic heterocycles. The highest BCUT2D eigenvalue weighted by atomic mass is 79.9. The molecule has 0 atom stereocenters. The number of hydrogen-bond acceptors (Lipinski definition) is 4. The van der Waals surface area contributed by atoms with Crippen molar-refractivity contribution < 1.29 is 9.66 Å². The molecular weight excluding hydrogens is 324 g/mol. The Hall–Kier alpha value is -1.95. The van der Waals surface area contributed by atoms with Crippen LogP contribution in [0.2, 0.25) is 0 Å². The zero-order valence-electron chi connectivity index (χ0n) is 11.3. The van der Waals surface area contributed by atoms with Gasteiger partial charge in [-0.25, -0.2) is 4.98 Å². The molecule has 5 nitrogen and oxygen atoms in total. The van der Waals surface area contributed by atoms with E-state index in [1.807, 2.05) is 13.0 Å². The highest BCUT2D eigenvalue weighted by Crippen LogP contribution is 2.34. The molecule has 0 aliphatic rings. The van der Waals surface area contributed by atoms with E-state index < -0.39 is 4.92 Å². The van der Waals surface area contributed by atoms with E-state index in [0.717, 1.165) is 10.0 Å². The molecule has 6 heteroatoms. The Morgan fingerprint density at radius 2 is 1.90 bits per heavy atom. The molecule has 0 aliphatic carbocycles. The Kier molecular flexibility index (Phi) is 4.04. The number of nitrogens with zero attached hydrogens (tertiary/aromatic N) is 2. The number of benzene rings is 1. The number of pyridine rings is 1. The number of hydrogen-bond donors (Lipinski definition) is 0. The predicted molar refractivity (Wildman–Crippen MR) is 79.3 cm³/mol. The lowest BCUT2D eigenvalue weighted by molar-refractivity contribution is -0.385. The van der Waals surface area contributed by atoms with Crippen LogP contribution in [0.1, 0.15) is 16.7 Å². The Balaban J connectivity index is 2.42. The first-order valence-corrected chi connectivity index (χ1v) is 6.74. The van der Waals surface area contributed by atoms with Crippen molar-refractivity contribution in [3.05, 3.63) is 55.7 Å². The molecule has 0 amide bonds. The van der Waals surface area contributed by atoms with Gasteiger partial charge in [0, 0.05) is 17.8 Å². The van der Waals surface area contributed by atoms with E-state index in [-0.39, 0.29) is 5.69 Å². The van der Waals surface area contributed by atoms with Gasteiger partial charge in [0.2, 0.25) is 5.88 Å². The number of ether oxygens (including phenoxy) is 1. The van der Waals surface area contributed by atoms with Crippen LogP contribution in [0.25, 0.3) is 0 Å². The summed E-state index contributed by atoms with van der Waals surface area (Å²) in [5.41, 5.74) is 2.34. The van der Waals surface area contributed by atoms with Crippen molar-refractivity contribution in [2.45, 2.75) is 20.8 Å². The summed E-state index contributed by atoms with van der Waals surface area (Å²) in [7, 11) is 0. The van der Waals surface area contributed by atoms with Gasteiger partial charge in [-0.2, -0.15) is 0 Å². The number of aryl methyl sites for hydroxylation is 3. The first-order valence-electron chi connectivity index (χ1n) is 5.94. The third-order valence-corrected chi connectivity index (χ3v) is 3.91. The maximum Gasteiger partial charge on any atom is 0.272 e. The van der Waals surface area contributed by atoms with E-state index in [9.17, 15) is 10.1 Å². The van der Waals surface area contributed by atoms with E-state index in [2.05, 4.69) is 20.9 Å². The van der Waals surface area contributed by atoms with Crippen LogP contribution in [-0.2, 0) is 0 Å². The molecule has 1 heterocycles. The summed E-state index contributed by atoms with van der Waals surface area (Å²) in [6.45, 7) is 5.39. The second kappa shape index (κ2) is 5.58. The van der Waals surface area contributed by atoms with Crippen molar-refractivity contribution in [2.24, 2.45) is 0 Å². The van der Waals surface area contributed by atoms with Gasteiger partial charge in [0.05, 0.1) is 9.40 Å². The molecule has 1 aromatic heterocycles. The van der Waals surface area contributed by atoms with Crippen LogP contribution < -0.4 is 4.74 Å². The van der Waals surface area contributed by atoms with Crippen molar-refractivity contribution in [3.63, 3.8) is 0 Å². The maximum absolute atomic E-state index is 10.9. The summed E-state index contributed by atoms with van der Waals surface area (Å²) in [6.07, 6.45) is 1.66. The number of aromatic nitrogens is 1. The monoisotopic (exact) mass is 336 g/mol. The maximum atomic E-state index is 10.9. The van der Waals surface area contributed by atoms with Crippen molar-refractivity contribution in [1.82, 2.24) is 4.98 Å². The van der Waals surface area contributed by atoms with Gasteiger partial charge in [-0.15, -0.1) is 0 Å². The molecule has 0 N–H and O–H groups in total. The Morgan fingerprint density at radius 1 is 1.20 bits per heavy atom. The highest BCUT2D eigenvalue weighted by Gasteiger charge is 2.15. The molecular formula is C14H13BrN2O3. The summed E-state index contributed by atoms with van der Waals surface area (Å²) in [6, 6.07) is 5.03. The fraction of sp³-hybridized carbons (Fsp3) is 0.214. The van der Waals surface area contributed by atoms with Crippen molar-refractivity contribution in [2.75, 3.05) is 0 Å². The fourth-order valence-electron chi connectivity index (χ4n) is 1.77. The Morgan fingerprint density at radius 3 is 2.55 bits per heavy atom. The van der Waals surface area contributed by atoms with Gasteiger partial charge in [0.25, 0.3) is 5.69 Å². The summed E-state index contributed by atoms with van der Waals surface area (Å²) in [4.78, 5) is 14.7. The molecule has 0 bridgehead atoms. The lowest BCUT2D eigenvalue weighted by atomic mass is 10.1. The average molecular weight is 337 g/mol. The number of rotatable bonds is 3. The van der Waals surface area contributed by atoms with Crippen molar-refractivity contribution >= 4 is 21.6 Å². The quantitative estimate of drug-likeness (QED) is 0.612. The molecule has 20 heavy (non-hydrogen) atoms. The smallest absolute Gasteiger partial charge is 0.272 e. The molecule has 0 saturated carbocycles. The molecule has 0 saturated heterocycles. The normalized spacial score (nSPS) is 10.4. The molecule has 0 unspecified atom stereocenters. The minimum Gasteiger partial charge on any atom is -0.438 e. The molecule has 0 spiro atoms. The minimum atomic E-state index is -0.396. The van der Waals surface area contributed by atoms with Gasteiger partial charge in [-0.1, -0.05) is 0 Å². The van der Waals surface area contributed by atoms with Crippen molar-refractivity contribution in [3.8, 4) is 11.6 Å². The molecule has 1 aromatic carbocycles. The summed E-state index contributed by atoms with van der Waals surface area (Å²) in [5.74, 6) is 1.01. The highest BCUT2D eigenvalue weighted by molar-refractivity contribution is 9.10. The molecule has 104 valence electrons. The number of nitro benzene ring substituents is 1. The number of halogens is 1. The van der Waals surface area contributed by atoms with Crippen LogP contribution in [-0.4, -0.2) is 9.91 Å². The lowest BCUT2D eigenvalue weighted by Gasteiger charge is -2.11. The summed E-state index contributed by atoms with van der Waals surface area (Å²) in [5, 5.41) is 10.9. The second-order valence-electron chi connectivity index (χ2n) is 4.51. The van der Waals surface area contributed by atoms with Crippen LogP contribution in [0.15, 0.2) is 28.9 Å². The van der Waals surface area contributed by atoms with E-state index >= 15 is 0 Å². The van der Waals surface area contributed by atoms with E-state index in [0.29, 0.717) is 22.8 Å². The summed E-state index contributed by atoms with van der Waals surface area (Å²) < 4.78 is 6.53. The standard InChI is InChI=1S/C14H13BrN2O3/c1-8-4-5-16-14(13(8)15)20-12-7-9(2)11(17(18)19)6-10(12)3/h4-7H,1-3H3. The Bertz CT molecular complexity index is 686. The second-order valence-corrected chi connectivity index (χ2v) is 5.30. The van der Waals surface area contributed by atoms with E-state index in [1.165, 1.54) is 6.07 Å². The average Bonchev–Trinajstić information content (AvgIpc) is 2.38. The first kappa shape index (κ1) is 14.5. The molecule has 0 radical (unpaired) electrons. The Labute approximate surface area is 124 Å². The van der Waals surface area contributed by atoms with E-state index in [4.69, 9.17) is 4.74 Å². The first-order chi connectivity index (χ1) is 9.40. The van der Waals surface area contributed by atoms with Crippen LogP contribution in [0.3, 0.4) is 0 Å². The van der Waals surface area contributed by atoms with Gasteiger partial charge in [-0.3, -0.25) is 10.1 Å². The summed E-state index contributed by atoms with van der Waals surface area (Å²) >= 11 is 3.42. The third kappa shape index (κ3) is 2.80. The molecule has 0 fully saturated rings. The lowest BCUT2D eigenvalue weighted by Crippen LogP contribution is -1.97. The SMILES string of the molecule is Cc1cc([N+](=O)[O-])c(C)cc1Oc1nccc(C)c1Br. The van der Waals surface area contributed by atoms with Crippen LogP contribution >= 0.6 is 15.9 Å².